The highest BCUT2D eigenvalue weighted by Crippen LogP contribution is 2.37. The smallest absolute Gasteiger partial charge is 0.0959 e. The topological polar surface area (TPSA) is 49.8 Å². The maximum atomic E-state index is 8.72. The van der Waals surface area contributed by atoms with E-state index in [9.17, 15) is 0 Å². The molecule has 0 amide bonds. The van der Waals surface area contributed by atoms with Gasteiger partial charge < -0.3 is 5.73 Å². The molecule has 0 aromatic heterocycles. The molecule has 0 bridgehead atoms. The van der Waals surface area contributed by atoms with Crippen LogP contribution in [0, 0.1) is 29.1 Å². The summed E-state index contributed by atoms with van der Waals surface area (Å²) in [5.74, 6) is 1.81. The molecule has 68 valence electrons. The Morgan fingerprint density at radius 1 is 1.33 bits per heavy atom. The van der Waals surface area contributed by atoms with Crippen molar-refractivity contribution in [2.75, 3.05) is 0 Å². The van der Waals surface area contributed by atoms with Crippen LogP contribution >= 0.6 is 0 Å². The lowest BCUT2D eigenvalue weighted by molar-refractivity contribution is 0.279. The Hall–Kier alpha value is -0.550. The van der Waals surface area contributed by atoms with Crippen LogP contribution in [-0.4, -0.2) is 6.04 Å². The molecule has 1 fully saturated rings. The fourth-order valence-electron chi connectivity index (χ4n) is 2.39. The first kappa shape index (κ1) is 9.54. The van der Waals surface area contributed by atoms with Crippen molar-refractivity contribution in [3.05, 3.63) is 0 Å². The van der Waals surface area contributed by atoms with E-state index >= 15 is 0 Å². The van der Waals surface area contributed by atoms with Gasteiger partial charge in [-0.2, -0.15) is 5.26 Å². The third-order valence-electron chi connectivity index (χ3n) is 3.09. The zero-order valence-corrected chi connectivity index (χ0v) is 7.96. The van der Waals surface area contributed by atoms with E-state index in [1.54, 1.807) is 0 Å². The highest BCUT2D eigenvalue weighted by Gasteiger charge is 2.33. The van der Waals surface area contributed by atoms with Gasteiger partial charge in [-0.1, -0.05) is 20.3 Å². The summed E-state index contributed by atoms with van der Waals surface area (Å²) in [5.41, 5.74) is 5.75. The van der Waals surface area contributed by atoms with Crippen molar-refractivity contribution in [1.82, 2.24) is 0 Å². The summed E-state index contributed by atoms with van der Waals surface area (Å²) >= 11 is 0. The van der Waals surface area contributed by atoms with Crippen LogP contribution in [0.4, 0.5) is 0 Å². The molecule has 12 heavy (non-hydrogen) atoms. The van der Waals surface area contributed by atoms with Crippen molar-refractivity contribution in [3.8, 4) is 6.07 Å². The average molecular weight is 166 g/mol. The molecule has 1 rings (SSSR count). The second-order valence-electron chi connectivity index (χ2n) is 4.16. The zero-order chi connectivity index (χ0) is 9.14. The van der Waals surface area contributed by atoms with Crippen LogP contribution < -0.4 is 5.73 Å². The largest absolute Gasteiger partial charge is 0.316 e. The first-order valence-corrected chi connectivity index (χ1v) is 4.82. The molecule has 0 radical (unpaired) electrons. The molecule has 2 heteroatoms. The first-order chi connectivity index (χ1) is 5.66. The van der Waals surface area contributed by atoms with Crippen LogP contribution in [0.25, 0.3) is 0 Å². The van der Waals surface area contributed by atoms with Crippen molar-refractivity contribution in [2.24, 2.45) is 23.5 Å². The number of nitrogens with two attached hydrogens (primary N) is 1. The van der Waals surface area contributed by atoms with Crippen molar-refractivity contribution >= 4 is 0 Å². The standard InChI is InChI=1S/C10H18N2/c1-7(2)8-4-3-5-9(8)10(12)6-11/h7-10H,3-5,12H2,1-2H3. The van der Waals surface area contributed by atoms with Crippen LogP contribution in [0.2, 0.25) is 0 Å². The van der Waals surface area contributed by atoms with Gasteiger partial charge in [0.1, 0.15) is 0 Å². The van der Waals surface area contributed by atoms with Gasteiger partial charge in [-0.3, -0.25) is 0 Å². The van der Waals surface area contributed by atoms with Gasteiger partial charge in [-0.25, -0.2) is 0 Å². The van der Waals surface area contributed by atoms with Crippen LogP contribution in [0.15, 0.2) is 0 Å². The van der Waals surface area contributed by atoms with Crippen molar-refractivity contribution < 1.29 is 0 Å². The Morgan fingerprint density at radius 2 is 1.92 bits per heavy atom. The molecular weight excluding hydrogens is 148 g/mol. The molecule has 1 aliphatic rings. The summed E-state index contributed by atoms with van der Waals surface area (Å²) in [6.45, 7) is 4.46. The maximum Gasteiger partial charge on any atom is 0.0959 e. The van der Waals surface area contributed by atoms with E-state index in [0.29, 0.717) is 17.8 Å². The number of hydrogen-bond acceptors (Lipinski definition) is 2. The number of hydrogen-bond donors (Lipinski definition) is 1. The van der Waals surface area contributed by atoms with Gasteiger partial charge in [0.15, 0.2) is 0 Å². The third kappa shape index (κ3) is 1.78. The van der Waals surface area contributed by atoms with Gasteiger partial charge in [0, 0.05) is 0 Å². The van der Waals surface area contributed by atoms with Gasteiger partial charge in [-0.15, -0.1) is 0 Å². The van der Waals surface area contributed by atoms with Crippen LogP contribution in [0.3, 0.4) is 0 Å². The molecule has 3 unspecified atom stereocenters. The second kappa shape index (κ2) is 3.91. The predicted molar refractivity (Wildman–Crippen MR) is 49.3 cm³/mol. The molecule has 0 aromatic carbocycles. The molecule has 2 nitrogen and oxygen atoms in total. The van der Waals surface area contributed by atoms with Crippen LogP contribution in [0.5, 0.6) is 0 Å². The SMILES string of the molecule is CC(C)C1CCCC1C(N)C#N. The highest BCUT2D eigenvalue weighted by molar-refractivity contribution is 4.97. The van der Waals surface area contributed by atoms with Gasteiger partial charge >= 0.3 is 0 Å². The summed E-state index contributed by atoms with van der Waals surface area (Å²) < 4.78 is 0. The predicted octanol–water partition coefficient (Wildman–Crippen LogP) is 1.91. The summed E-state index contributed by atoms with van der Waals surface area (Å²) in [5, 5.41) is 8.72. The van der Waals surface area contributed by atoms with Gasteiger partial charge in [0.25, 0.3) is 0 Å². The van der Waals surface area contributed by atoms with E-state index in [1.807, 2.05) is 0 Å². The van der Waals surface area contributed by atoms with E-state index in [1.165, 1.54) is 12.8 Å². The first-order valence-electron chi connectivity index (χ1n) is 4.82. The number of nitrogens with zero attached hydrogens (tertiary/aromatic N) is 1. The minimum Gasteiger partial charge on any atom is -0.316 e. The second-order valence-corrected chi connectivity index (χ2v) is 4.16. The maximum absolute atomic E-state index is 8.72. The molecule has 1 aliphatic carbocycles. The molecule has 0 aliphatic heterocycles. The lowest BCUT2D eigenvalue weighted by Gasteiger charge is -2.24. The molecule has 0 saturated heterocycles. The average Bonchev–Trinajstić information content (AvgIpc) is 2.50. The van der Waals surface area contributed by atoms with E-state index < -0.39 is 0 Å². The Morgan fingerprint density at radius 3 is 2.42 bits per heavy atom. The minimum absolute atomic E-state index is 0.236. The molecular formula is C10H18N2. The molecule has 3 atom stereocenters. The summed E-state index contributed by atoms with van der Waals surface area (Å²) in [6.07, 6.45) is 3.66. The van der Waals surface area contributed by atoms with Crippen molar-refractivity contribution in [3.63, 3.8) is 0 Å². The van der Waals surface area contributed by atoms with Crippen molar-refractivity contribution in [2.45, 2.75) is 39.2 Å². The highest BCUT2D eigenvalue weighted by atomic mass is 14.7. The van der Waals surface area contributed by atoms with Gasteiger partial charge in [-0.05, 0) is 30.6 Å². The van der Waals surface area contributed by atoms with Crippen LogP contribution in [-0.2, 0) is 0 Å². The van der Waals surface area contributed by atoms with Crippen LogP contribution in [0.1, 0.15) is 33.1 Å². The Kier molecular flexibility index (Phi) is 3.11. The van der Waals surface area contributed by atoms with E-state index in [-0.39, 0.29) is 6.04 Å². The molecule has 2 N–H and O–H groups in total. The van der Waals surface area contributed by atoms with E-state index in [0.717, 1.165) is 6.42 Å². The molecule has 0 heterocycles. The number of rotatable bonds is 2. The Bertz CT molecular complexity index is 181. The van der Waals surface area contributed by atoms with Crippen molar-refractivity contribution in [1.29, 1.82) is 5.26 Å². The summed E-state index contributed by atoms with van der Waals surface area (Å²) in [7, 11) is 0. The lowest BCUT2D eigenvalue weighted by atomic mass is 9.82. The summed E-state index contributed by atoms with van der Waals surface area (Å²) in [6, 6.07) is 1.93. The van der Waals surface area contributed by atoms with E-state index in [4.69, 9.17) is 11.0 Å². The molecule has 0 aromatic rings. The normalized spacial score (nSPS) is 31.9. The van der Waals surface area contributed by atoms with E-state index in [2.05, 4.69) is 19.9 Å². The van der Waals surface area contributed by atoms with Gasteiger partial charge in [0.05, 0.1) is 12.1 Å². The fourth-order valence-corrected chi connectivity index (χ4v) is 2.39. The quantitative estimate of drug-likeness (QED) is 0.681. The van der Waals surface area contributed by atoms with Gasteiger partial charge in [0.2, 0.25) is 0 Å². The fraction of sp³-hybridized carbons (Fsp3) is 0.900. The third-order valence-corrected chi connectivity index (χ3v) is 3.09. The zero-order valence-electron chi connectivity index (χ0n) is 7.96. The minimum atomic E-state index is -0.236. The number of nitriles is 1. The Labute approximate surface area is 74.8 Å². The lowest BCUT2D eigenvalue weighted by Crippen LogP contribution is -2.32. The molecule has 1 saturated carbocycles. The molecule has 0 spiro atoms. The monoisotopic (exact) mass is 166 g/mol. The summed E-state index contributed by atoms with van der Waals surface area (Å²) in [4.78, 5) is 0. The Balaban J connectivity index is 2.59.